The number of rotatable bonds is 3. The summed E-state index contributed by atoms with van der Waals surface area (Å²) in [5.41, 5.74) is 0.996. The van der Waals surface area contributed by atoms with Crippen molar-refractivity contribution in [1.82, 2.24) is 10.2 Å². The van der Waals surface area contributed by atoms with Crippen molar-refractivity contribution in [1.29, 1.82) is 0 Å². The summed E-state index contributed by atoms with van der Waals surface area (Å²) >= 11 is 1.50. The fourth-order valence-corrected chi connectivity index (χ4v) is 5.05. The molecule has 1 aliphatic carbocycles. The van der Waals surface area contributed by atoms with Crippen molar-refractivity contribution < 1.29 is 14.3 Å². The van der Waals surface area contributed by atoms with E-state index in [4.69, 9.17) is 4.74 Å². The molecule has 1 aromatic heterocycles. The van der Waals surface area contributed by atoms with Gasteiger partial charge in [0.2, 0.25) is 0 Å². The van der Waals surface area contributed by atoms with Crippen molar-refractivity contribution in [3.63, 3.8) is 0 Å². The molecule has 1 fully saturated rings. The number of esters is 1. The number of likely N-dealkylation sites (N-methyl/N-ethyl adjacent to an activating group) is 1. The first kappa shape index (κ1) is 20.1. The van der Waals surface area contributed by atoms with Gasteiger partial charge < -0.3 is 15.0 Å². The third-order valence-electron chi connectivity index (χ3n) is 5.02. The summed E-state index contributed by atoms with van der Waals surface area (Å²) < 4.78 is 5.63. The zero-order valence-corrected chi connectivity index (χ0v) is 17.6. The number of nitrogens with zero attached hydrogens (tertiary/aromatic N) is 1. The molecule has 2 amide bonds. The van der Waals surface area contributed by atoms with Gasteiger partial charge in [-0.25, -0.2) is 9.59 Å². The molecule has 0 spiro atoms. The molecular weight excluding hydrogens is 362 g/mol. The Morgan fingerprint density at radius 2 is 1.89 bits per heavy atom. The van der Waals surface area contributed by atoms with Crippen LogP contribution in [0.25, 0.3) is 0 Å². The third kappa shape index (κ3) is 5.23. The lowest BCUT2D eigenvalue weighted by molar-refractivity contribution is 0.00696. The number of amides is 2. The molecule has 0 atom stereocenters. The summed E-state index contributed by atoms with van der Waals surface area (Å²) in [6, 6.07) is 0.00288. The van der Waals surface area contributed by atoms with E-state index in [0.717, 1.165) is 55.6 Å². The zero-order valence-electron chi connectivity index (χ0n) is 16.8. The Balaban J connectivity index is 1.80. The average Bonchev–Trinajstić information content (AvgIpc) is 2.90. The minimum atomic E-state index is -0.570. The van der Waals surface area contributed by atoms with Gasteiger partial charge in [0, 0.05) is 24.0 Å². The van der Waals surface area contributed by atoms with Crippen LogP contribution in [0, 0.1) is 0 Å². The van der Waals surface area contributed by atoms with Gasteiger partial charge >= 0.3 is 12.0 Å². The number of carbonyl (C=O) groups excluding carboxylic acids is 2. The second-order valence-electron chi connectivity index (χ2n) is 8.63. The number of urea groups is 1. The Morgan fingerprint density at radius 3 is 2.56 bits per heavy atom. The number of fused-ring (bicyclic) bond motifs is 1. The minimum Gasteiger partial charge on any atom is -0.456 e. The molecule has 2 heterocycles. The van der Waals surface area contributed by atoms with Gasteiger partial charge in [0.1, 0.15) is 10.6 Å². The maximum atomic E-state index is 12.9. The first-order chi connectivity index (χ1) is 12.7. The topological polar surface area (TPSA) is 70.7 Å². The lowest BCUT2D eigenvalue weighted by atomic mass is 9.96. The molecule has 150 valence electrons. The first-order valence-corrected chi connectivity index (χ1v) is 10.7. The van der Waals surface area contributed by atoms with E-state index in [2.05, 4.69) is 22.6 Å². The van der Waals surface area contributed by atoms with E-state index < -0.39 is 5.60 Å². The van der Waals surface area contributed by atoms with Gasteiger partial charge in [0.05, 0.1) is 5.56 Å². The van der Waals surface area contributed by atoms with Gasteiger partial charge in [0.15, 0.2) is 0 Å². The van der Waals surface area contributed by atoms with Gasteiger partial charge in [-0.3, -0.25) is 5.32 Å². The molecule has 0 aromatic carbocycles. The summed E-state index contributed by atoms with van der Waals surface area (Å²) in [7, 11) is 2.07. The Labute approximate surface area is 165 Å². The molecule has 1 aliphatic heterocycles. The molecule has 1 aromatic rings. The normalized spacial score (nSPS) is 18.7. The number of carbonyl (C=O) groups is 2. The van der Waals surface area contributed by atoms with Crippen molar-refractivity contribution in [2.45, 2.75) is 77.5 Å². The van der Waals surface area contributed by atoms with Gasteiger partial charge in [-0.2, -0.15) is 0 Å². The Hall–Kier alpha value is -1.60. The van der Waals surface area contributed by atoms with Crippen LogP contribution >= 0.6 is 11.3 Å². The second kappa shape index (κ2) is 8.19. The predicted molar refractivity (Wildman–Crippen MR) is 109 cm³/mol. The number of anilines is 1. The molecule has 2 N–H and O–H groups in total. The van der Waals surface area contributed by atoms with Crippen LogP contribution in [-0.2, 0) is 17.7 Å². The Morgan fingerprint density at radius 1 is 1.19 bits per heavy atom. The highest BCUT2D eigenvalue weighted by Crippen LogP contribution is 2.38. The first-order valence-electron chi connectivity index (χ1n) is 9.87. The van der Waals surface area contributed by atoms with E-state index in [9.17, 15) is 9.59 Å². The van der Waals surface area contributed by atoms with Gasteiger partial charge in [-0.1, -0.05) is 19.3 Å². The standard InChI is InChI=1S/C20H31N3O3S/c1-20(2,3)26-18(24)16-14-10-11-23(4)12-15(14)27-17(16)22-19(25)21-13-8-6-5-7-9-13/h13H,5-12H2,1-4H3,(H2,21,22,25). The number of nitrogens with one attached hydrogen (secondary N) is 2. The molecular formula is C20H31N3O3S. The number of hydrogen-bond acceptors (Lipinski definition) is 5. The van der Waals surface area contributed by atoms with Crippen LogP contribution in [0.1, 0.15) is 73.7 Å². The summed E-state index contributed by atoms with van der Waals surface area (Å²) in [5, 5.41) is 6.62. The molecule has 0 unspecified atom stereocenters. The third-order valence-corrected chi connectivity index (χ3v) is 6.15. The predicted octanol–water partition coefficient (Wildman–Crippen LogP) is 4.15. The van der Waals surface area contributed by atoms with E-state index in [0.29, 0.717) is 10.6 Å². The molecule has 0 saturated heterocycles. The van der Waals surface area contributed by atoms with Gasteiger partial charge in [0.25, 0.3) is 0 Å². The Bertz CT molecular complexity index is 702. The van der Waals surface area contributed by atoms with Gasteiger partial charge in [-0.05, 0) is 52.6 Å². The highest BCUT2D eigenvalue weighted by molar-refractivity contribution is 7.17. The van der Waals surface area contributed by atoms with E-state index >= 15 is 0 Å². The molecule has 6 nitrogen and oxygen atoms in total. The van der Waals surface area contributed by atoms with Crippen LogP contribution in [0.4, 0.5) is 9.80 Å². The minimum absolute atomic E-state index is 0.223. The molecule has 27 heavy (non-hydrogen) atoms. The van der Waals surface area contributed by atoms with E-state index in [1.54, 1.807) is 0 Å². The quantitative estimate of drug-likeness (QED) is 0.757. The van der Waals surface area contributed by atoms with Crippen molar-refractivity contribution in [2.75, 3.05) is 18.9 Å². The summed E-state index contributed by atoms with van der Waals surface area (Å²) in [4.78, 5) is 28.8. The number of thiophene rings is 1. The highest BCUT2D eigenvalue weighted by Gasteiger charge is 2.31. The van der Waals surface area contributed by atoms with E-state index in [1.807, 2.05) is 20.8 Å². The fourth-order valence-electron chi connectivity index (χ4n) is 3.74. The number of ether oxygens (including phenoxy) is 1. The molecule has 2 aliphatic rings. The van der Waals surface area contributed by atoms with E-state index in [-0.39, 0.29) is 18.0 Å². The molecule has 3 rings (SSSR count). The van der Waals surface area contributed by atoms with Crippen LogP contribution in [0.15, 0.2) is 0 Å². The molecule has 1 saturated carbocycles. The fraction of sp³-hybridized carbons (Fsp3) is 0.700. The molecule has 0 bridgehead atoms. The highest BCUT2D eigenvalue weighted by atomic mass is 32.1. The molecule has 0 radical (unpaired) electrons. The largest absolute Gasteiger partial charge is 0.456 e. The summed E-state index contributed by atoms with van der Waals surface area (Å²) in [6.07, 6.45) is 6.41. The van der Waals surface area contributed by atoms with Crippen LogP contribution in [0.2, 0.25) is 0 Å². The van der Waals surface area contributed by atoms with Crippen LogP contribution < -0.4 is 10.6 Å². The van der Waals surface area contributed by atoms with Crippen molar-refractivity contribution >= 4 is 28.3 Å². The SMILES string of the molecule is CN1CCc2c(sc(NC(=O)NC3CCCCC3)c2C(=O)OC(C)(C)C)C1. The molecule has 7 heteroatoms. The van der Waals surface area contributed by atoms with Crippen molar-refractivity contribution in [2.24, 2.45) is 0 Å². The lowest BCUT2D eigenvalue weighted by Gasteiger charge is -2.24. The van der Waals surface area contributed by atoms with Crippen LogP contribution in [0.5, 0.6) is 0 Å². The zero-order chi connectivity index (χ0) is 19.6. The maximum Gasteiger partial charge on any atom is 0.341 e. The summed E-state index contributed by atoms with van der Waals surface area (Å²) in [6.45, 7) is 7.27. The summed E-state index contributed by atoms with van der Waals surface area (Å²) in [5.74, 6) is -0.350. The lowest BCUT2D eigenvalue weighted by Crippen LogP contribution is -2.39. The van der Waals surface area contributed by atoms with Gasteiger partial charge in [-0.15, -0.1) is 11.3 Å². The van der Waals surface area contributed by atoms with Crippen molar-refractivity contribution in [3.05, 3.63) is 16.0 Å². The van der Waals surface area contributed by atoms with Crippen molar-refractivity contribution in [3.8, 4) is 0 Å². The van der Waals surface area contributed by atoms with E-state index in [1.165, 1.54) is 17.8 Å². The Kier molecular flexibility index (Phi) is 6.11. The smallest absolute Gasteiger partial charge is 0.341 e. The second-order valence-corrected chi connectivity index (χ2v) is 9.74. The monoisotopic (exact) mass is 393 g/mol. The maximum absolute atomic E-state index is 12.9. The van der Waals surface area contributed by atoms with Crippen LogP contribution in [-0.4, -0.2) is 42.1 Å². The van der Waals surface area contributed by atoms with Crippen LogP contribution in [0.3, 0.4) is 0 Å². The average molecular weight is 394 g/mol. The number of hydrogen-bond donors (Lipinski definition) is 2.